The van der Waals surface area contributed by atoms with Crippen LogP contribution in [0.2, 0.25) is 5.02 Å². The number of thioether (sulfide) groups is 1. The molecule has 0 saturated carbocycles. The van der Waals surface area contributed by atoms with E-state index in [1.807, 2.05) is 29.2 Å². The molecule has 1 N–H and O–H groups in total. The minimum absolute atomic E-state index is 0.213. The number of nitrogens with zero attached hydrogens (tertiary/aromatic N) is 1. The summed E-state index contributed by atoms with van der Waals surface area (Å²) < 4.78 is 0. The van der Waals surface area contributed by atoms with Gasteiger partial charge in [0.2, 0.25) is 5.91 Å². The van der Waals surface area contributed by atoms with Gasteiger partial charge in [0.15, 0.2) is 0 Å². The summed E-state index contributed by atoms with van der Waals surface area (Å²) >= 11 is 7.71. The summed E-state index contributed by atoms with van der Waals surface area (Å²) in [4.78, 5) is 15.0. The van der Waals surface area contributed by atoms with E-state index < -0.39 is 0 Å². The monoisotopic (exact) mass is 313 g/mol. The fourth-order valence-electron chi connectivity index (χ4n) is 2.45. The lowest BCUT2D eigenvalue weighted by molar-refractivity contribution is -0.129. The topological polar surface area (TPSA) is 40.5 Å². The van der Waals surface area contributed by atoms with Crippen LogP contribution in [0.4, 0.5) is 0 Å². The number of halogens is 1. The number of rotatable bonds is 6. The Morgan fingerprint density at radius 2 is 2.25 bits per heavy atom. The maximum atomic E-state index is 12.1. The molecule has 0 spiro atoms. The Bertz CT molecular complexity index is 455. The highest BCUT2D eigenvalue weighted by Crippen LogP contribution is 2.27. The van der Waals surface area contributed by atoms with Gasteiger partial charge in [0.1, 0.15) is 0 Å². The van der Waals surface area contributed by atoms with Crippen molar-refractivity contribution in [3.63, 3.8) is 0 Å². The molecule has 5 heteroatoms. The number of aliphatic hydroxyl groups is 1. The molecule has 1 aromatic rings. The van der Waals surface area contributed by atoms with E-state index in [0.717, 1.165) is 41.6 Å². The molecule has 1 atom stereocenters. The van der Waals surface area contributed by atoms with E-state index in [-0.39, 0.29) is 12.5 Å². The van der Waals surface area contributed by atoms with Gasteiger partial charge in [0, 0.05) is 36.8 Å². The Balaban J connectivity index is 1.72. The second kappa shape index (κ2) is 7.91. The van der Waals surface area contributed by atoms with Crippen LogP contribution >= 0.6 is 23.4 Å². The van der Waals surface area contributed by atoms with Crippen LogP contribution in [0.3, 0.4) is 0 Å². The van der Waals surface area contributed by atoms with Crippen LogP contribution in [0.5, 0.6) is 0 Å². The second-order valence-corrected chi connectivity index (χ2v) is 6.58. The molecule has 1 amide bonds. The van der Waals surface area contributed by atoms with Crippen molar-refractivity contribution in [2.24, 2.45) is 5.92 Å². The summed E-state index contributed by atoms with van der Waals surface area (Å²) in [7, 11) is 0. The molecule has 1 unspecified atom stereocenters. The SMILES string of the molecule is O=C(CCSc1ccccc1Cl)N1CCC(CCO)C1. The van der Waals surface area contributed by atoms with Crippen molar-refractivity contribution in [3.05, 3.63) is 29.3 Å². The number of benzene rings is 1. The predicted molar refractivity (Wildman–Crippen MR) is 83.2 cm³/mol. The summed E-state index contributed by atoms with van der Waals surface area (Å²) in [6.07, 6.45) is 2.36. The molecule has 2 rings (SSSR count). The summed E-state index contributed by atoms with van der Waals surface area (Å²) in [5.41, 5.74) is 0. The summed E-state index contributed by atoms with van der Waals surface area (Å²) in [6, 6.07) is 7.70. The number of hydrogen-bond acceptors (Lipinski definition) is 3. The zero-order valence-corrected chi connectivity index (χ0v) is 13.0. The first-order valence-corrected chi connectivity index (χ1v) is 8.33. The molecule has 1 aliphatic rings. The standard InChI is InChI=1S/C15H20ClNO2S/c16-13-3-1-2-4-14(13)20-10-7-15(19)17-8-5-12(11-17)6-9-18/h1-4,12,18H,5-11H2. The molecule has 1 fully saturated rings. The fraction of sp³-hybridized carbons (Fsp3) is 0.533. The van der Waals surface area contributed by atoms with Gasteiger partial charge in [-0.25, -0.2) is 0 Å². The fourth-order valence-corrected chi connectivity index (χ4v) is 3.62. The first-order chi connectivity index (χ1) is 9.70. The minimum atomic E-state index is 0.213. The highest BCUT2D eigenvalue weighted by Gasteiger charge is 2.25. The zero-order chi connectivity index (χ0) is 14.4. The minimum Gasteiger partial charge on any atom is -0.396 e. The maximum Gasteiger partial charge on any atom is 0.223 e. The van der Waals surface area contributed by atoms with Crippen LogP contribution in [0.1, 0.15) is 19.3 Å². The highest BCUT2D eigenvalue weighted by atomic mass is 35.5. The van der Waals surface area contributed by atoms with Crippen molar-refractivity contribution in [2.75, 3.05) is 25.4 Å². The molecular formula is C15H20ClNO2S. The van der Waals surface area contributed by atoms with Gasteiger partial charge in [-0.3, -0.25) is 4.79 Å². The normalized spacial score (nSPS) is 18.5. The molecule has 3 nitrogen and oxygen atoms in total. The van der Waals surface area contributed by atoms with Crippen molar-refractivity contribution >= 4 is 29.3 Å². The maximum absolute atomic E-state index is 12.1. The first-order valence-electron chi connectivity index (χ1n) is 6.96. The van der Waals surface area contributed by atoms with Crippen molar-refractivity contribution < 1.29 is 9.90 Å². The molecule has 20 heavy (non-hydrogen) atoms. The van der Waals surface area contributed by atoms with Gasteiger partial charge in [-0.2, -0.15) is 0 Å². The number of hydrogen-bond donors (Lipinski definition) is 1. The quantitative estimate of drug-likeness (QED) is 0.821. The Labute approximate surface area is 129 Å². The van der Waals surface area contributed by atoms with E-state index in [1.54, 1.807) is 11.8 Å². The van der Waals surface area contributed by atoms with Gasteiger partial charge in [-0.15, -0.1) is 11.8 Å². The van der Waals surface area contributed by atoms with E-state index in [4.69, 9.17) is 16.7 Å². The molecule has 0 radical (unpaired) electrons. The number of aliphatic hydroxyl groups excluding tert-OH is 1. The molecule has 0 aromatic heterocycles. The molecule has 0 bridgehead atoms. The van der Waals surface area contributed by atoms with Gasteiger partial charge in [0.25, 0.3) is 0 Å². The van der Waals surface area contributed by atoms with Crippen LogP contribution < -0.4 is 0 Å². The van der Waals surface area contributed by atoms with E-state index in [0.29, 0.717) is 12.3 Å². The van der Waals surface area contributed by atoms with E-state index in [1.165, 1.54) is 0 Å². The lowest BCUT2D eigenvalue weighted by Gasteiger charge is -2.16. The van der Waals surface area contributed by atoms with Crippen LogP contribution in [0.15, 0.2) is 29.2 Å². The average molecular weight is 314 g/mol. The lowest BCUT2D eigenvalue weighted by atomic mass is 10.1. The van der Waals surface area contributed by atoms with Gasteiger partial charge in [-0.05, 0) is 30.9 Å². The Morgan fingerprint density at radius 1 is 1.45 bits per heavy atom. The van der Waals surface area contributed by atoms with Crippen molar-refractivity contribution in [3.8, 4) is 0 Å². The number of carbonyl (C=O) groups is 1. The molecule has 110 valence electrons. The highest BCUT2D eigenvalue weighted by molar-refractivity contribution is 7.99. The Hall–Kier alpha value is -0.710. The molecule has 1 saturated heterocycles. The lowest BCUT2D eigenvalue weighted by Crippen LogP contribution is -2.29. The van der Waals surface area contributed by atoms with Crippen LogP contribution in [0, 0.1) is 5.92 Å². The van der Waals surface area contributed by atoms with Crippen LogP contribution in [-0.2, 0) is 4.79 Å². The molecule has 1 aliphatic heterocycles. The van der Waals surface area contributed by atoms with Gasteiger partial charge in [0.05, 0.1) is 5.02 Å². The Morgan fingerprint density at radius 3 is 3.00 bits per heavy atom. The van der Waals surface area contributed by atoms with Gasteiger partial charge >= 0.3 is 0 Å². The average Bonchev–Trinajstić information content (AvgIpc) is 2.90. The van der Waals surface area contributed by atoms with Crippen LogP contribution in [-0.4, -0.2) is 41.4 Å². The van der Waals surface area contributed by atoms with Crippen molar-refractivity contribution in [1.82, 2.24) is 4.90 Å². The second-order valence-electron chi connectivity index (χ2n) is 5.04. The van der Waals surface area contributed by atoms with Crippen molar-refractivity contribution in [1.29, 1.82) is 0 Å². The van der Waals surface area contributed by atoms with Crippen LogP contribution in [0.25, 0.3) is 0 Å². The third-order valence-electron chi connectivity index (χ3n) is 3.59. The number of carbonyl (C=O) groups excluding carboxylic acids is 1. The van der Waals surface area contributed by atoms with Gasteiger partial charge in [-0.1, -0.05) is 23.7 Å². The Kier molecular flexibility index (Phi) is 6.20. The third-order valence-corrected chi connectivity index (χ3v) is 5.10. The summed E-state index contributed by atoms with van der Waals surface area (Å²) in [6.45, 7) is 1.85. The zero-order valence-electron chi connectivity index (χ0n) is 11.4. The predicted octanol–water partition coefficient (Wildman–Crippen LogP) is 3.05. The van der Waals surface area contributed by atoms with Crippen molar-refractivity contribution in [2.45, 2.75) is 24.2 Å². The smallest absolute Gasteiger partial charge is 0.223 e. The first kappa shape index (κ1) is 15.7. The van der Waals surface area contributed by atoms with E-state index >= 15 is 0 Å². The van der Waals surface area contributed by atoms with E-state index in [9.17, 15) is 4.79 Å². The molecule has 1 aromatic carbocycles. The largest absolute Gasteiger partial charge is 0.396 e. The van der Waals surface area contributed by atoms with E-state index in [2.05, 4.69) is 0 Å². The third kappa shape index (κ3) is 4.40. The number of amides is 1. The molecular weight excluding hydrogens is 294 g/mol. The number of likely N-dealkylation sites (tertiary alicyclic amines) is 1. The molecule has 0 aliphatic carbocycles. The summed E-state index contributed by atoms with van der Waals surface area (Å²) in [5, 5.41) is 9.67. The van der Waals surface area contributed by atoms with Gasteiger partial charge < -0.3 is 10.0 Å². The summed E-state index contributed by atoms with van der Waals surface area (Å²) in [5.74, 6) is 1.44. The molecule has 1 heterocycles.